The summed E-state index contributed by atoms with van der Waals surface area (Å²) in [6.45, 7) is 0. The van der Waals surface area contributed by atoms with Gasteiger partial charge in [0.2, 0.25) is 10.0 Å². The van der Waals surface area contributed by atoms with Crippen molar-refractivity contribution in [3.63, 3.8) is 0 Å². The van der Waals surface area contributed by atoms with Gasteiger partial charge in [-0.2, -0.15) is 0 Å². The van der Waals surface area contributed by atoms with Gasteiger partial charge in [-0.1, -0.05) is 11.6 Å². The molecule has 0 saturated heterocycles. The molecule has 0 atom stereocenters. The predicted molar refractivity (Wildman–Crippen MR) is 79.7 cm³/mol. The number of anilines is 1. The Balaban J connectivity index is 2.74. The van der Waals surface area contributed by atoms with Gasteiger partial charge in [-0.25, -0.2) is 8.42 Å². The fourth-order valence-electron chi connectivity index (χ4n) is 1.71. The fourth-order valence-corrected chi connectivity index (χ4v) is 3.17. The van der Waals surface area contributed by atoms with E-state index >= 15 is 0 Å². The van der Waals surface area contributed by atoms with Gasteiger partial charge < -0.3 is 14.8 Å². The van der Waals surface area contributed by atoms with Crippen molar-refractivity contribution in [2.75, 3.05) is 11.0 Å². The van der Waals surface area contributed by atoms with Gasteiger partial charge in [0.15, 0.2) is 0 Å². The maximum atomic E-state index is 11.6. The zero-order valence-electron chi connectivity index (χ0n) is 10.5. The molecule has 2 aromatic rings. The summed E-state index contributed by atoms with van der Waals surface area (Å²) in [5.74, 6) is 0. The standard InChI is InChI=1S/C10H10ClN2O6PS/c1-21(18,19)13-8-2-5-3-9(20(15,16)17)10(14)12-7(5)4-6(8)11/h2-4,13H,1H3,(H,12,14)(H2,15,16,17). The molecule has 8 nitrogen and oxygen atoms in total. The number of nitrogens with one attached hydrogen (secondary N) is 2. The molecule has 4 N–H and O–H groups in total. The third kappa shape index (κ3) is 3.63. The molecule has 0 fully saturated rings. The zero-order chi connectivity index (χ0) is 16.0. The molecule has 0 radical (unpaired) electrons. The Morgan fingerprint density at radius 1 is 1.29 bits per heavy atom. The van der Waals surface area contributed by atoms with Crippen molar-refractivity contribution in [1.82, 2.24) is 4.98 Å². The molecule has 0 aliphatic rings. The number of fused-ring (bicyclic) bond motifs is 1. The van der Waals surface area contributed by atoms with Gasteiger partial charge in [0.1, 0.15) is 5.30 Å². The number of rotatable bonds is 3. The second-order valence-corrected chi connectivity index (χ2v) is 8.05. The highest BCUT2D eigenvalue weighted by molar-refractivity contribution is 7.92. The Bertz CT molecular complexity index is 932. The van der Waals surface area contributed by atoms with Gasteiger partial charge in [-0.3, -0.25) is 14.1 Å². The minimum Gasteiger partial charge on any atom is -0.321 e. The van der Waals surface area contributed by atoms with Gasteiger partial charge in [-0.05, 0) is 18.2 Å². The monoisotopic (exact) mass is 352 g/mol. The van der Waals surface area contributed by atoms with Crippen LogP contribution in [0.3, 0.4) is 0 Å². The molecular weight excluding hydrogens is 343 g/mol. The summed E-state index contributed by atoms with van der Waals surface area (Å²) in [5.41, 5.74) is -0.674. The van der Waals surface area contributed by atoms with Crippen molar-refractivity contribution < 1.29 is 22.8 Å². The Labute approximate surface area is 124 Å². The Kier molecular flexibility index (Phi) is 3.90. The van der Waals surface area contributed by atoms with Crippen LogP contribution < -0.4 is 15.6 Å². The number of aromatic nitrogens is 1. The maximum Gasteiger partial charge on any atom is 0.361 e. The highest BCUT2D eigenvalue weighted by Gasteiger charge is 2.22. The number of pyridine rings is 1. The van der Waals surface area contributed by atoms with Crippen LogP contribution in [0.5, 0.6) is 0 Å². The first-order valence-corrected chi connectivity index (χ1v) is 9.26. The average molecular weight is 353 g/mol. The van der Waals surface area contributed by atoms with Crippen LogP contribution in [0.1, 0.15) is 0 Å². The molecular formula is C10H10ClN2O6PS. The van der Waals surface area contributed by atoms with Crippen LogP contribution in [0.15, 0.2) is 23.0 Å². The normalized spacial score (nSPS) is 12.6. The smallest absolute Gasteiger partial charge is 0.321 e. The van der Waals surface area contributed by atoms with Gasteiger partial charge in [0.05, 0.1) is 17.0 Å². The lowest BCUT2D eigenvalue weighted by molar-refractivity contribution is 0.387. The van der Waals surface area contributed by atoms with Crippen molar-refractivity contribution in [3.8, 4) is 0 Å². The van der Waals surface area contributed by atoms with E-state index in [4.69, 9.17) is 21.4 Å². The number of H-pyrrole nitrogens is 1. The molecule has 0 spiro atoms. The first-order valence-electron chi connectivity index (χ1n) is 5.38. The second-order valence-electron chi connectivity index (χ2n) is 4.32. The van der Waals surface area contributed by atoms with E-state index in [1.165, 1.54) is 12.1 Å². The van der Waals surface area contributed by atoms with Gasteiger partial charge in [0.25, 0.3) is 5.56 Å². The molecule has 0 bridgehead atoms. The van der Waals surface area contributed by atoms with E-state index < -0.39 is 28.5 Å². The quantitative estimate of drug-likeness (QED) is 0.588. The number of aromatic amines is 1. The van der Waals surface area contributed by atoms with Gasteiger partial charge in [0, 0.05) is 10.9 Å². The number of hydrogen-bond donors (Lipinski definition) is 4. The molecule has 0 amide bonds. The highest BCUT2D eigenvalue weighted by Crippen LogP contribution is 2.33. The Hall–Kier alpha value is -1.38. The van der Waals surface area contributed by atoms with Crippen LogP contribution in [0.2, 0.25) is 5.02 Å². The predicted octanol–water partition coefficient (Wildman–Crippen LogP) is 0.356. The largest absolute Gasteiger partial charge is 0.361 e. The molecule has 0 aliphatic carbocycles. The number of benzene rings is 1. The summed E-state index contributed by atoms with van der Waals surface area (Å²) in [6, 6.07) is 3.56. The van der Waals surface area contributed by atoms with Crippen molar-refractivity contribution in [3.05, 3.63) is 33.6 Å². The molecule has 0 unspecified atom stereocenters. The van der Waals surface area contributed by atoms with E-state index in [0.717, 1.165) is 12.3 Å². The van der Waals surface area contributed by atoms with Crippen LogP contribution in [-0.2, 0) is 14.6 Å². The summed E-state index contributed by atoms with van der Waals surface area (Å²) in [6.07, 6.45) is 0.932. The molecule has 2 rings (SSSR count). The number of hydrogen-bond acceptors (Lipinski definition) is 4. The number of sulfonamides is 1. The van der Waals surface area contributed by atoms with Crippen LogP contribution >= 0.6 is 19.2 Å². The van der Waals surface area contributed by atoms with Crippen LogP contribution in [0.4, 0.5) is 5.69 Å². The molecule has 1 heterocycles. The topological polar surface area (TPSA) is 137 Å². The average Bonchev–Trinajstić information content (AvgIpc) is 2.26. The molecule has 1 aromatic heterocycles. The minimum absolute atomic E-state index is 0.0347. The molecule has 0 saturated carbocycles. The van der Waals surface area contributed by atoms with Crippen molar-refractivity contribution in [1.29, 1.82) is 0 Å². The zero-order valence-corrected chi connectivity index (χ0v) is 13.0. The van der Waals surface area contributed by atoms with E-state index in [1.807, 2.05) is 0 Å². The van der Waals surface area contributed by atoms with Crippen LogP contribution in [-0.4, -0.2) is 29.4 Å². The Morgan fingerprint density at radius 2 is 1.90 bits per heavy atom. The van der Waals surface area contributed by atoms with Gasteiger partial charge in [-0.15, -0.1) is 0 Å². The number of halogens is 1. The van der Waals surface area contributed by atoms with E-state index in [1.54, 1.807) is 0 Å². The molecule has 11 heteroatoms. The molecule has 0 aliphatic heterocycles. The maximum absolute atomic E-state index is 11.6. The summed E-state index contributed by atoms with van der Waals surface area (Å²) in [4.78, 5) is 32.1. The fraction of sp³-hybridized carbons (Fsp3) is 0.100. The van der Waals surface area contributed by atoms with Crippen LogP contribution in [0.25, 0.3) is 10.9 Å². The van der Waals surface area contributed by atoms with Crippen molar-refractivity contribution in [2.45, 2.75) is 0 Å². The first-order chi connectivity index (χ1) is 9.47. The first kappa shape index (κ1) is 16.0. The molecule has 1 aromatic carbocycles. The third-order valence-corrected chi connectivity index (χ3v) is 4.38. The minimum atomic E-state index is -4.74. The second kappa shape index (κ2) is 5.11. The lowest BCUT2D eigenvalue weighted by Gasteiger charge is -2.09. The van der Waals surface area contributed by atoms with Gasteiger partial charge >= 0.3 is 7.60 Å². The van der Waals surface area contributed by atoms with E-state index in [2.05, 4.69) is 9.71 Å². The van der Waals surface area contributed by atoms with E-state index in [-0.39, 0.29) is 21.6 Å². The van der Waals surface area contributed by atoms with E-state index in [0.29, 0.717) is 0 Å². The summed E-state index contributed by atoms with van der Waals surface area (Å²) >= 11 is 5.89. The summed E-state index contributed by atoms with van der Waals surface area (Å²) < 4.78 is 35.8. The lowest BCUT2D eigenvalue weighted by atomic mass is 10.2. The summed E-state index contributed by atoms with van der Waals surface area (Å²) in [7, 11) is -8.32. The van der Waals surface area contributed by atoms with Crippen molar-refractivity contribution >= 4 is 51.1 Å². The highest BCUT2D eigenvalue weighted by atomic mass is 35.5. The van der Waals surface area contributed by atoms with Crippen LogP contribution in [0, 0.1) is 0 Å². The van der Waals surface area contributed by atoms with E-state index in [9.17, 15) is 17.8 Å². The summed E-state index contributed by atoms with van der Waals surface area (Å²) in [5, 5.41) is -0.446. The van der Waals surface area contributed by atoms with Crippen molar-refractivity contribution in [2.24, 2.45) is 0 Å². The SMILES string of the molecule is CS(=O)(=O)Nc1cc2cc(P(=O)(O)O)c(=O)[nH]c2cc1Cl. The third-order valence-electron chi connectivity index (χ3n) is 2.52. The molecule has 114 valence electrons. The lowest BCUT2D eigenvalue weighted by Crippen LogP contribution is -2.26. The Morgan fingerprint density at radius 3 is 2.43 bits per heavy atom. The molecule has 21 heavy (non-hydrogen) atoms.